The van der Waals surface area contributed by atoms with Gasteiger partial charge in [0.1, 0.15) is 0 Å². The lowest BCUT2D eigenvalue weighted by Crippen LogP contribution is -2.46. The lowest BCUT2D eigenvalue weighted by atomic mass is 10.1. The smallest absolute Gasteiger partial charge is 0.322 e. The first-order chi connectivity index (χ1) is 12.7. The first-order valence-corrected chi connectivity index (χ1v) is 9.04. The number of hydrogen-bond acceptors (Lipinski definition) is 6. The fourth-order valence-electron chi connectivity index (χ4n) is 2.99. The van der Waals surface area contributed by atoms with E-state index in [1.807, 2.05) is 24.3 Å². The van der Waals surface area contributed by atoms with E-state index in [4.69, 9.17) is 16.1 Å². The number of benzene rings is 1. The van der Waals surface area contributed by atoms with Gasteiger partial charge in [-0.3, -0.25) is 9.88 Å². The topological polar surface area (TPSA) is 58.3 Å². The van der Waals surface area contributed by atoms with Crippen molar-refractivity contribution in [1.29, 1.82) is 0 Å². The van der Waals surface area contributed by atoms with Crippen molar-refractivity contribution in [3.05, 3.63) is 58.9 Å². The summed E-state index contributed by atoms with van der Waals surface area (Å²) in [5.74, 6) is 0.632. The van der Waals surface area contributed by atoms with Crippen LogP contribution in [0, 0.1) is 6.92 Å². The SMILES string of the molecule is Cc1ccc(-c2noc(N3CCN(Cc4ccc(Cl)cn4)CC3)n2)cc1. The van der Waals surface area contributed by atoms with Crippen LogP contribution in [0.25, 0.3) is 11.4 Å². The number of rotatable bonds is 4. The maximum atomic E-state index is 5.89. The van der Waals surface area contributed by atoms with Crippen molar-refractivity contribution in [2.45, 2.75) is 13.5 Å². The maximum absolute atomic E-state index is 5.89. The van der Waals surface area contributed by atoms with Crippen molar-refractivity contribution >= 4 is 17.6 Å². The highest BCUT2D eigenvalue weighted by Gasteiger charge is 2.22. The molecular formula is C19H20ClN5O. The second kappa shape index (κ2) is 7.43. The summed E-state index contributed by atoms with van der Waals surface area (Å²) in [5, 5.41) is 4.79. The molecule has 1 fully saturated rings. The van der Waals surface area contributed by atoms with E-state index in [0.717, 1.165) is 44.0 Å². The fraction of sp³-hybridized carbons (Fsp3) is 0.316. The number of halogens is 1. The molecule has 26 heavy (non-hydrogen) atoms. The van der Waals surface area contributed by atoms with Gasteiger partial charge in [-0.25, -0.2) is 0 Å². The van der Waals surface area contributed by atoms with Crippen LogP contribution in [0.3, 0.4) is 0 Å². The largest absolute Gasteiger partial charge is 0.324 e. The van der Waals surface area contributed by atoms with E-state index in [2.05, 4.69) is 44.0 Å². The Morgan fingerprint density at radius 1 is 1.04 bits per heavy atom. The molecule has 0 unspecified atom stereocenters. The third-order valence-electron chi connectivity index (χ3n) is 4.54. The summed E-state index contributed by atoms with van der Waals surface area (Å²) in [6.07, 6.45) is 1.69. The first-order valence-electron chi connectivity index (χ1n) is 8.66. The molecule has 3 aromatic rings. The van der Waals surface area contributed by atoms with E-state index in [1.165, 1.54) is 5.56 Å². The van der Waals surface area contributed by atoms with E-state index in [-0.39, 0.29) is 0 Å². The minimum absolute atomic E-state index is 0.588. The van der Waals surface area contributed by atoms with Gasteiger partial charge in [0.15, 0.2) is 0 Å². The van der Waals surface area contributed by atoms with Gasteiger partial charge < -0.3 is 9.42 Å². The molecule has 0 spiro atoms. The summed E-state index contributed by atoms with van der Waals surface area (Å²) >= 11 is 5.89. The number of hydrogen-bond donors (Lipinski definition) is 0. The van der Waals surface area contributed by atoms with Gasteiger partial charge in [0.25, 0.3) is 0 Å². The first kappa shape index (κ1) is 17.0. The fourth-order valence-corrected chi connectivity index (χ4v) is 3.10. The van der Waals surface area contributed by atoms with Gasteiger partial charge in [0.2, 0.25) is 5.82 Å². The van der Waals surface area contributed by atoms with E-state index in [9.17, 15) is 0 Å². The van der Waals surface area contributed by atoms with Crippen LogP contribution in [-0.4, -0.2) is 46.2 Å². The average Bonchev–Trinajstić information content (AvgIpc) is 3.15. The second-order valence-electron chi connectivity index (χ2n) is 6.50. The number of aromatic nitrogens is 3. The number of aryl methyl sites for hydroxylation is 1. The molecule has 0 atom stereocenters. The molecule has 0 radical (unpaired) electrons. The van der Waals surface area contributed by atoms with Gasteiger partial charge in [-0.15, -0.1) is 0 Å². The Morgan fingerprint density at radius 3 is 2.50 bits per heavy atom. The van der Waals surface area contributed by atoms with Gasteiger partial charge in [-0.05, 0) is 19.1 Å². The van der Waals surface area contributed by atoms with Crippen LogP contribution in [0.4, 0.5) is 6.01 Å². The zero-order valence-corrected chi connectivity index (χ0v) is 15.4. The molecule has 0 saturated carbocycles. The van der Waals surface area contributed by atoms with E-state index in [0.29, 0.717) is 16.9 Å². The summed E-state index contributed by atoms with van der Waals surface area (Å²) in [7, 11) is 0. The van der Waals surface area contributed by atoms with Gasteiger partial charge in [-0.2, -0.15) is 4.98 Å². The van der Waals surface area contributed by atoms with Crippen LogP contribution >= 0.6 is 11.6 Å². The number of anilines is 1. The predicted molar refractivity (Wildman–Crippen MR) is 101 cm³/mol. The van der Waals surface area contributed by atoms with Crippen LogP contribution in [0.1, 0.15) is 11.3 Å². The summed E-state index contributed by atoms with van der Waals surface area (Å²) in [5.41, 5.74) is 3.21. The molecule has 0 aliphatic carbocycles. The third-order valence-corrected chi connectivity index (χ3v) is 4.77. The lowest BCUT2D eigenvalue weighted by molar-refractivity contribution is 0.240. The highest BCUT2D eigenvalue weighted by atomic mass is 35.5. The quantitative estimate of drug-likeness (QED) is 0.702. The number of pyridine rings is 1. The zero-order chi connectivity index (χ0) is 17.9. The summed E-state index contributed by atoms with van der Waals surface area (Å²) < 4.78 is 5.47. The molecule has 0 bridgehead atoms. The molecule has 1 aromatic carbocycles. The lowest BCUT2D eigenvalue weighted by Gasteiger charge is -2.33. The van der Waals surface area contributed by atoms with Gasteiger partial charge in [0.05, 0.1) is 10.7 Å². The Bertz CT molecular complexity index is 854. The molecule has 0 amide bonds. The minimum Gasteiger partial charge on any atom is -0.322 e. The van der Waals surface area contributed by atoms with Crippen LogP contribution in [-0.2, 0) is 6.54 Å². The van der Waals surface area contributed by atoms with Crippen molar-refractivity contribution in [1.82, 2.24) is 20.0 Å². The molecule has 0 N–H and O–H groups in total. The number of nitrogens with zero attached hydrogens (tertiary/aromatic N) is 5. The van der Waals surface area contributed by atoms with E-state index >= 15 is 0 Å². The molecule has 7 heteroatoms. The molecule has 3 heterocycles. The highest BCUT2D eigenvalue weighted by Crippen LogP contribution is 2.21. The van der Waals surface area contributed by atoms with Crippen molar-refractivity contribution in [3.63, 3.8) is 0 Å². The molecule has 134 valence electrons. The van der Waals surface area contributed by atoms with Crippen LogP contribution in [0.5, 0.6) is 0 Å². The minimum atomic E-state index is 0.588. The predicted octanol–water partition coefficient (Wildman–Crippen LogP) is 3.42. The Labute approximate surface area is 157 Å². The standard InChI is InChI=1S/C19H20ClN5O/c1-14-2-4-15(5-3-14)18-22-19(26-23-18)25-10-8-24(9-11-25)13-17-7-6-16(20)12-21-17/h2-7,12H,8-11,13H2,1H3. The molecule has 4 rings (SSSR count). The number of piperazine rings is 1. The maximum Gasteiger partial charge on any atom is 0.324 e. The summed E-state index contributed by atoms with van der Waals surface area (Å²) in [4.78, 5) is 13.4. The second-order valence-corrected chi connectivity index (χ2v) is 6.93. The van der Waals surface area contributed by atoms with Gasteiger partial charge >= 0.3 is 6.01 Å². The van der Waals surface area contributed by atoms with Gasteiger partial charge in [0, 0.05) is 44.5 Å². The normalized spacial score (nSPS) is 15.4. The van der Waals surface area contributed by atoms with Crippen molar-refractivity contribution in [2.24, 2.45) is 0 Å². The van der Waals surface area contributed by atoms with Crippen molar-refractivity contribution in [3.8, 4) is 11.4 Å². The van der Waals surface area contributed by atoms with Gasteiger partial charge in [-0.1, -0.05) is 46.6 Å². The molecule has 1 aliphatic rings. The third kappa shape index (κ3) is 3.86. The Morgan fingerprint density at radius 2 is 1.81 bits per heavy atom. The monoisotopic (exact) mass is 369 g/mol. The Balaban J connectivity index is 1.36. The average molecular weight is 370 g/mol. The Kier molecular flexibility index (Phi) is 4.86. The van der Waals surface area contributed by atoms with E-state index < -0.39 is 0 Å². The molecule has 1 saturated heterocycles. The van der Waals surface area contributed by atoms with Crippen molar-refractivity contribution in [2.75, 3.05) is 31.1 Å². The van der Waals surface area contributed by atoms with Crippen molar-refractivity contribution < 1.29 is 4.52 Å². The molecular weight excluding hydrogens is 350 g/mol. The van der Waals surface area contributed by atoms with Crippen LogP contribution in [0.15, 0.2) is 47.1 Å². The Hall–Kier alpha value is -2.44. The molecule has 2 aromatic heterocycles. The summed E-state index contributed by atoms with van der Waals surface area (Å²) in [6, 6.07) is 12.6. The zero-order valence-electron chi connectivity index (χ0n) is 14.6. The highest BCUT2D eigenvalue weighted by molar-refractivity contribution is 6.30. The molecule has 6 nitrogen and oxygen atoms in total. The summed E-state index contributed by atoms with van der Waals surface area (Å²) in [6.45, 7) is 6.43. The van der Waals surface area contributed by atoms with E-state index in [1.54, 1.807) is 6.20 Å². The van der Waals surface area contributed by atoms with Crippen LogP contribution < -0.4 is 4.90 Å². The molecule has 1 aliphatic heterocycles. The van der Waals surface area contributed by atoms with Crippen LogP contribution in [0.2, 0.25) is 5.02 Å².